The second-order valence-electron chi connectivity index (χ2n) is 18.3. The van der Waals surface area contributed by atoms with Gasteiger partial charge in [-0.1, -0.05) is 86.9 Å². The van der Waals surface area contributed by atoms with Gasteiger partial charge in [-0.3, -0.25) is 9.78 Å². The summed E-state index contributed by atoms with van der Waals surface area (Å²) in [6, 6.07) is 15.1. The van der Waals surface area contributed by atoms with E-state index in [1.54, 1.807) is 40.2 Å². The minimum absolute atomic E-state index is 0.0538. The zero-order valence-electron chi connectivity index (χ0n) is 38.8. The van der Waals surface area contributed by atoms with Crippen LogP contribution in [0.4, 0.5) is 0 Å². The minimum Gasteiger partial charge on any atom is -0.497 e. The molecule has 3 aromatic rings. The van der Waals surface area contributed by atoms with Crippen molar-refractivity contribution in [2.45, 2.75) is 148 Å². The van der Waals surface area contributed by atoms with Gasteiger partial charge in [0.1, 0.15) is 30.5 Å². The average Bonchev–Trinajstić information content (AvgIpc) is 3.26. The normalized spacial score (nSPS) is 35.7. The molecule has 348 valence electrons. The quantitative estimate of drug-likeness (QED) is 0.0935. The summed E-state index contributed by atoms with van der Waals surface area (Å²) in [4.78, 5) is 26.8. The molecule has 13 nitrogen and oxygen atoms in total. The molecule has 2 aliphatic heterocycles. The fraction of sp³-hybridized carbons (Fsp3) is 0.612. The van der Waals surface area contributed by atoms with Gasteiger partial charge in [-0.25, -0.2) is 0 Å². The van der Waals surface area contributed by atoms with E-state index in [-0.39, 0.29) is 31.6 Å². The maximum absolute atomic E-state index is 14.4. The number of pyridine rings is 1. The molecular formula is C49H70ClN3O10. The number of aromatic nitrogens is 1. The summed E-state index contributed by atoms with van der Waals surface area (Å²) in [5.74, 6) is -3.43. The van der Waals surface area contributed by atoms with Crippen LogP contribution < -0.4 is 0 Å². The van der Waals surface area contributed by atoms with Crippen LogP contribution in [0.25, 0.3) is 10.8 Å². The molecule has 3 heterocycles. The van der Waals surface area contributed by atoms with Gasteiger partial charge in [0.15, 0.2) is 6.29 Å². The molecule has 3 N–H and O–H groups in total. The molecule has 14 atom stereocenters. The number of methoxy groups -OCH3 is 1. The molecule has 0 unspecified atom stereocenters. The van der Waals surface area contributed by atoms with Crippen molar-refractivity contribution < 1.29 is 48.6 Å². The Labute approximate surface area is 378 Å². The number of ether oxygens (including phenoxy) is 5. The summed E-state index contributed by atoms with van der Waals surface area (Å²) in [6.07, 6.45) is 2.03. The monoisotopic (exact) mass is 895 g/mol. The molecule has 2 fully saturated rings. The molecular weight excluding hydrogens is 826 g/mol. The second-order valence-corrected chi connectivity index (χ2v) is 18.7. The Bertz CT molecular complexity index is 2010. The number of aliphatic hydroxyl groups is 3. The molecule has 0 spiro atoms. The highest BCUT2D eigenvalue weighted by Gasteiger charge is 2.52. The number of fused-ring (bicyclic) bond motifs is 1. The first-order valence-electron chi connectivity index (χ1n) is 22.2. The van der Waals surface area contributed by atoms with Gasteiger partial charge in [0.05, 0.1) is 41.8 Å². The SMILES string of the molecule is CC[C@H]1OC(=O)[C@H](C)[C@@H](O/C=C\Cc2cncc3ccccc23)[C@H](C)[C@@H](O[C@@H]2O[C@H](C)C[C@H](N(C)C)[C@H]2O)[C@](C)(OC)C[C@@H](C)/C(=N\OCc2ccccc2Cl)[C@H](C)[C@@H](O)[C@]1(C)O. The number of halogens is 1. The van der Waals surface area contributed by atoms with Crippen molar-refractivity contribution in [3.63, 3.8) is 0 Å². The Morgan fingerprint density at radius 2 is 1.70 bits per heavy atom. The Kier molecular flexibility index (Phi) is 17.6. The first-order chi connectivity index (χ1) is 29.8. The molecule has 1 aromatic heterocycles. The topological polar surface area (TPSA) is 162 Å². The summed E-state index contributed by atoms with van der Waals surface area (Å²) >= 11 is 6.46. The Balaban J connectivity index is 1.61. The molecule has 14 heteroatoms. The third-order valence-corrected chi connectivity index (χ3v) is 13.7. The molecule has 2 aliphatic rings. The zero-order valence-corrected chi connectivity index (χ0v) is 39.6. The number of rotatable bonds is 12. The summed E-state index contributed by atoms with van der Waals surface area (Å²) in [7, 11) is 5.42. The lowest BCUT2D eigenvalue weighted by Gasteiger charge is -2.48. The zero-order chi connectivity index (χ0) is 46.2. The molecule has 0 saturated carbocycles. The van der Waals surface area contributed by atoms with Crippen LogP contribution in [0.3, 0.4) is 0 Å². The number of likely N-dealkylation sites (N-methyl/N-ethyl adjacent to an activating group) is 1. The van der Waals surface area contributed by atoms with Crippen molar-refractivity contribution in [2.24, 2.45) is 28.8 Å². The molecule has 2 aromatic carbocycles. The fourth-order valence-electron chi connectivity index (χ4n) is 9.45. The standard InChI is InChI=1S/C49H70ClN3O10/c1-12-40-49(8,57)44(55)31(4)41(52-60-28-36-19-14-16-22-38(36)50)29(2)25-48(7,58-11)45(63-47-42(54)39(53(9)10)24-30(3)61-47)32(5)43(33(6)46(56)62-40)59-23-17-20-35-27-51-26-34-18-13-15-21-37(34)35/h13-19,21-23,26-27,29-33,39-40,42-45,47,54-55,57H,12,20,24-25,28H2,1-11H3/b23-17-,52-41+/t29-,30-,31+,32+,33-,39+,40-,42-,43+,44-,45-,47+,48-,49-/m1/s1. The Hall–Kier alpha value is -3.66. The van der Waals surface area contributed by atoms with E-state index in [9.17, 15) is 20.1 Å². The molecule has 0 bridgehead atoms. The number of esters is 1. The van der Waals surface area contributed by atoms with Crippen molar-refractivity contribution in [1.82, 2.24) is 9.88 Å². The fourth-order valence-corrected chi connectivity index (χ4v) is 9.64. The highest BCUT2D eigenvalue weighted by molar-refractivity contribution is 6.31. The molecule has 63 heavy (non-hydrogen) atoms. The molecule has 0 radical (unpaired) electrons. The van der Waals surface area contributed by atoms with Crippen LogP contribution >= 0.6 is 11.6 Å². The lowest BCUT2D eigenvalue weighted by molar-refractivity contribution is -0.301. The van der Waals surface area contributed by atoms with E-state index in [0.29, 0.717) is 23.6 Å². The van der Waals surface area contributed by atoms with E-state index >= 15 is 0 Å². The van der Waals surface area contributed by atoms with Crippen LogP contribution in [0.5, 0.6) is 0 Å². The summed E-state index contributed by atoms with van der Waals surface area (Å²) in [5.41, 5.74) is -0.922. The van der Waals surface area contributed by atoms with Crippen molar-refractivity contribution in [2.75, 3.05) is 21.2 Å². The van der Waals surface area contributed by atoms with Gasteiger partial charge >= 0.3 is 5.97 Å². The maximum atomic E-state index is 14.4. The third-order valence-electron chi connectivity index (χ3n) is 13.3. The second kappa shape index (κ2) is 22.0. The average molecular weight is 897 g/mol. The van der Waals surface area contributed by atoms with E-state index < -0.39 is 77.7 Å². The van der Waals surface area contributed by atoms with Gasteiger partial charge in [0.25, 0.3) is 0 Å². The first-order valence-corrected chi connectivity index (χ1v) is 22.6. The van der Waals surface area contributed by atoms with Gasteiger partial charge < -0.3 is 48.7 Å². The van der Waals surface area contributed by atoms with Crippen LogP contribution in [0.15, 0.2) is 78.4 Å². The van der Waals surface area contributed by atoms with E-state index in [1.807, 2.05) is 102 Å². The van der Waals surface area contributed by atoms with E-state index in [0.717, 1.165) is 21.9 Å². The van der Waals surface area contributed by atoms with Gasteiger partial charge in [0, 0.05) is 59.3 Å². The number of carbonyl (C=O) groups excluding carboxylic acids is 1. The molecule has 0 amide bonds. The number of hydrogen-bond acceptors (Lipinski definition) is 13. The van der Waals surface area contributed by atoms with E-state index in [4.69, 9.17) is 40.1 Å². The lowest BCUT2D eigenvalue weighted by atomic mass is 9.73. The van der Waals surface area contributed by atoms with Crippen LogP contribution in [0.2, 0.25) is 5.02 Å². The number of aliphatic hydroxyl groups excluding tert-OH is 2. The van der Waals surface area contributed by atoms with Gasteiger partial charge in [0.2, 0.25) is 0 Å². The summed E-state index contributed by atoms with van der Waals surface area (Å²) in [5, 5.41) is 43.2. The van der Waals surface area contributed by atoms with Crippen LogP contribution in [-0.2, 0) is 46.3 Å². The third kappa shape index (κ3) is 11.8. The van der Waals surface area contributed by atoms with Crippen molar-refractivity contribution in [1.29, 1.82) is 0 Å². The lowest BCUT2D eigenvalue weighted by Crippen LogP contribution is -2.60. The maximum Gasteiger partial charge on any atom is 0.312 e. The number of carbonyl (C=O) groups is 1. The van der Waals surface area contributed by atoms with Crippen molar-refractivity contribution in [3.05, 3.63) is 89.4 Å². The predicted molar refractivity (Wildman–Crippen MR) is 244 cm³/mol. The minimum atomic E-state index is -1.91. The predicted octanol–water partition coefficient (Wildman–Crippen LogP) is 7.50. The number of hydrogen-bond donors (Lipinski definition) is 3. The van der Waals surface area contributed by atoms with Crippen LogP contribution in [-0.4, -0.2) is 118 Å². The number of cyclic esters (lactones) is 1. The number of benzene rings is 2. The summed E-state index contributed by atoms with van der Waals surface area (Å²) in [6.45, 7) is 14.5. The highest BCUT2D eigenvalue weighted by Crippen LogP contribution is 2.40. The molecule has 0 aliphatic carbocycles. The van der Waals surface area contributed by atoms with Crippen molar-refractivity contribution in [3.8, 4) is 0 Å². The number of allylic oxidation sites excluding steroid dienone is 1. The smallest absolute Gasteiger partial charge is 0.312 e. The Morgan fingerprint density at radius 3 is 2.38 bits per heavy atom. The first kappa shape index (κ1) is 50.3. The van der Waals surface area contributed by atoms with E-state index in [1.165, 1.54) is 6.92 Å². The van der Waals surface area contributed by atoms with Crippen LogP contribution in [0, 0.1) is 23.7 Å². The van der Waals surface area contributed by atoms with Gasteiger partial charge in [-0.2, -0.15) is 0 Å². The Morgan fingerprint density at radius 1 is 1.00 bits per heavy atom. The molecule has 5 rings (SSSR count). The highest BCUT2D eigenvalue weighted by atomic mass is 35.5. The number of oxime groups is 1. The number of nitrogens with zero attached hydrogens (tertiary/aromatic N) is 3. The molecule has 2 saturated heterocycles. The van der Waals surface area contributed by atoms with Gasteiger partial charge in [-0.15, -0.1) is 0 Å². The van der Waals surface area contributed by atoms with E-state index in [2.05, 4.69) is 16.2 Å². The van der Waals surface area contributed by atoms with Crippen molar-refractivity contribution >= 4 is 34.1 Å². The summed E-state index contributed by atoms with van der Waals surface area (Å²) < 4.78 is 32.6. The largest absolute Gasteiger partial charge is 0.497 e. The van der Waals surface area contributed by atoms with Gasteiger partial charge in [-0.05, 0) is 90.6 Å². The van der Waals surface area contributed by atoms with Crippen LogP contribution in [0.1, 0.15) is 85.8 Å².